The van der Waals surface area contributed by atoms with Gasteiger partial charge in [-0.1, -0.05) is 35.9 Å². The lowest BCUT2D eigenvalue weighted by molar-refractivity contribution is -0.132. The molecule has 2 aromatic carbocycles. The SMILES string of the molecule is Cc1ccc(S(=O)(=O)N2CCCN(C(=O)[C@@H](C)NC(=O)c3ccccc3)CC2)cc1. The zero-order valence-corrected chi connectivity index (χ0v) is 18.1. The van der Waals surface area contributed by atoms with Gasteiger partial charge >= 0.3 is 0 Å². The van der Waals surface area contributed by atoms with Crippen LogP contribution in [-0.2, 0) is 14.8 Å². The first-order chi connectivity index (χ1) is 14.3. The molecular weight excluding hydrogens is 402 g/mol. The summed E-state index contributed by atoms with van der Waals surface area (Å²) in [5.74, 6) is -0.524. The van der Waals surface area contributed by atoms with Crippen LogP contribution in [0, 0.1) is 6.92 Å². The highest BCUT2D eigenvalue weighted by Gasteiger charge is 2.30. The molecule has 8 heteroatoms. The van der Waals surface area contributed by atoms with Crippen molar-refractivity contribution in [1.82, 2.24) is 14.5 Å². The van der Waals surface area contributed by atoms with Gasteiger partial charge in [0.2, 0.25) is 15.9 Å². The van der Waals surface area contributed by atoms with Crippen molar-refractivity contribution in [1.29, 1.82) is 0 Å². The number of rotatable bonds is 5. The second-order valence-corrected chi connectivity index (χ2v) is 9.40. The molecule has 1 atom stereocenters. The predicted octanol–water partition coefficient (Wildman–Crippen LogP) is 2.04. The minimum Gasteiger partial charge on any atom is -0.341 e. The molecule has 0 bridgehead atoms. The molecule has 2 amide bonds. The van der Waals surface area contributed by atoms with E-state index in [9.17, 15) is 18.0 Å². The number of carbonyl (C=O) groups is 2. The smallest absolute Gasteiger partial charge is 0.251 e. The third kappa shape index (κ3) is 5.06. The topological polar surface area (TPSA) is 86.8 Å². The second kappa shape index (κ2) is 9.40. The molecule has 1 N–H and O–H groups in total. The van der Waals surface area contributed by atoms with Crippen LogP contribution in [0.2, 0.25) is 0 Å². The quantitative estimate of drug-likeness (QED) is 0.788. The third-order valence-corrected chi connectivity index (χ3v) is 7.09. The van der Waals surface area contributed by atoms with Crippen LogP contribution in [0.25, 0.3) is 0 Å². The normalized spacial score (nSPS) is 16.5. The number of amides is 2. The average Bonchev–Trinajstić information content (AvgIpc) is 3.01. The summed E-state index contributed by atoms with van der Waals surface area (Å²) in [7, 11) is -3.60. The highest BCUT2D eigenvalue weighted by molar-refractivity contribution is 7.89. The Morgan fingerprint density at radius 3 is 2.27 bits per heavy atom. The summed E-state index contributed by atoms with van der Waals surface area (Å²) in [6, 6.07) is 14.8. The molecule has 0 radical (unpaired) electrons. The first-order valence-electron chi connectivity index (χ1n) is 10.0. The number of carbonyl (C=O) groups excluding carboxylic acids is 2. The Balaban J connectivity index is 1.62. The highest BCUT2D eigenvalue weighted by Crippen LogP contribution is 2.18. The van der Waals surface area contributed by atoms with Gasteiger partial charge in [-0.3, -0.25) is 9.59 Å². The number of hydrogen-bond donors (Lipinski definition) is 1. The molecule has 3 rings (SSSR count). The second-order valence-electron chi connectivity index (χ2n) is 7.46. The summed E-state index contributed by atoms with van der Waals surface area (Å²) in [5.41, 5.74) is 1.48. The maximum Gasteiger partial charge on any atom is 0.251 e. The van der Waals surface area contributed by atoms with Gasteiger partial charge < -0.3 is 10.2 Å². The van der Waals surface area contributed by atoms with Gasteiger partial charge in [0.25, 0.3) is 5.91 Å². The van der Waals surface area contributed by atoms with E-state index < -0.39 is 16.1 Å². The van der Waals surface area contributed by atoms with Crippen LogP contribution in [-0.4, -0.2) is 61.7 Å². The van der Waals surface area contributed by atoms with E-state index >= 15 is 0 Å². The molecule has 30 heavy (non-hydrogen) atoms. The van der Waals surface area contributed by atoms with Crippen molar-refractivity contribution in [3.8, 4) is 0 Å². The monoisotopic (exact) mass is 429 g/mol. The van der Waals surface area contributed by atoms with Gasteiger partial charge in [0.1, 0.15) is 6.04 Å². The van der Waals surface area contributed by atoms with Crippen molar-refractivity contribution in [3.63, 3.8) is 0 Å². The maximum absolute atomic E-state index is 12.9. The molecule has 1 saturated heterocycles. The summed E-state index contributed by atoms with van der Waals surface area (Å²) in [4.78, 5) is 27.0. The molecule has 1 heterocycles. The highest BCUT2D eigenvalue weighted by atomic mass is 32.2. The fourth-order valence-electron chi connectivity index (χ4n) is 3.42. The molecule has 7 nitrogen and oxygen atoms in total. The lowest BCUT2D eigenvalue weighted by atomic mass is 10.2. The maximum atomic E-state index is 12.9. The number of benzene rings is 2. The van der Waals surface area contributed by atoms with Crippen molar-refractivity contribution < 1.29 is 18.0 Å². The van der Waals surface area contributed by atoms with E-state index in [1.165, 1.54) is 4.31 Å². The van der Waals surface area contributed by atoms with Gasteiger partial charge in [-0.25, -0.2) is 8.42 Å². The molecule has 0 spiro atoms. The Bertz CT molecular complexity index is 991. The summed E-state index contributed by atoms with van der Waals surface area (Å²) in [6.45, 7) is 4.87. The van der Waals surface area contributed by atoms with Gasteiger partial charge in [0.05, 0.1) is 4.90 Å². The van der Waals surface area contributed by atoms with Gasteiger partial charge in [-0.2, -0.15) is 4.31 Å². The van der Waals surface area contributed by atoms with E-state index in [1.807, 2.05) is 13.0 Å². The Hall–Kier alpha value is -2.71. The van der Waals surface area contributed by atoms with E-state index in [4.69, 9.17) is 0 Å². The van der Waals surface area contributed by atoms with Gasteiger partial charge in [-0.05, 0) is 44.5 Å². The molecule has 0 saturated carbocycles. The Morgan fingerprint density at radius 1 is 0.933 bits per heavy atom. The standard InChI is InChI=1S/C22H27N3O4S/c1-17-9-11-20(12-10-17)30(28,29)25-14-6-13-24(15-16-25)22(27)18(2)23-21(26)19-7-4-3-5-8-19/h3-5,7-12,18H,6,13-16H2,1-2H3,(H,23,26)/t18-/m1/s1. The number of sulfonamides is 1. The Kier molecular flexibility index (Phi) is 6.89. The van der Waals surface area contributed by atoms with Crippen LogP contribution in [0.4, 0.5) is 0 Å². The van der Waals surface area contributed by atoms with E-state index in [0.717, 1.165) is 5.56 Å². The van der Waals surface area contributed by atoms with Crippen LogP contribution in [0.3, 0.4) is 0 Å². The molecular formula is C22H27N3O4S. The number of nitrogens with one attached hydrogen (secondary N) is 1. The van der Waals surface area contributed by atoms with Crippen LogP contribution in [0.5, 0.6) is 0 Å². The van der Waals surface area contributed by atoms with E-state index in [0.29, 0.717) is 25.1 Å². The van der Waals surface area contributed by atoms with Crippen molar-refractivity contribution in [2.45, 2.75) is 31.2 Å². The largest absolute Gasteiger partial charge is 0.341 e. The number of aryl methyl sites for hydroxylation is 1. The predicted molar refractivity (Wildman–Crippen MR) is 115 cm³/mol. The first kappa shape index (κ1) is 22.0. The fourth-order valence-corrected chi connectivity index (χ4v) is 4.89. The van der Waals surface area contributed by atoms with Crippen LogP contribution in [0.15, 0.2) is 59.5 Å². The zero-order valence-electron chi connectivity index (χ0n) is 17.2. The summed E-state index contributed by atoms with van der Waals surface area (Å²) in [5, 5.41) is 2.72. The minimum absolute atomic E-state index is 0.214. The van der Waals surface area contributed by atoms with Crippen molar-refractivity contribution >= 4 is 21.8 Å². The Labute approximate surface area is 177 Å². The average molecular weight is 430 g/mol. The van der Waals surface area contributed by atoms with Gasteiger partial charge in [0, 0.05) is 31.7 Å². The Morgan fingerprint density at radius 2 is 1.60 bits per heavy atom. The summed E-state index contributed by atoms with van der Waals surface area (Å²) in [6.07, 6.45) is 0.538. The molecule has 2 aromatic rings. The molecule has 0 unspecified atom stereocenters. The lowest BCUT2D eigenvalue weighted by Gasteiger charge is -2.25. The molecule has 0 aromatic heterocycles. The van der Waals surface area contributed by atoms with Gasteiger partial charge in [0.15, 0.2) is 0 Å². The lowest BCUT2D eigenvalue weighted by Crippen LogP contribution is -2.48. The summed E-state index contributed by atoms with van der Waals surface area (Å²) < 4.78 is 27.3. The summed E-state index contributed by atoms with van der Waals surface area (Å²) >= 11 is 0. The number of nitrogens with zero attached hydrogens (tertiary/aromatic N) is 2. The van der Waals surface area contributed by atoms with E-state index in [-0.39, 0.29) is 29.8 Å². The fraction of sp³-hybridized carbons (Fsp3) is 0.364. The molecule has 1 aliphatic heterocycles. The minimum atomic E-state index is -3.60. The molecule has 160 valence electrons. The molecule has 0 aliphatic carbocycles. The van der Waals surface area contributed by atoms with Crippen molar-refractivity contribution in [2.24, 2.45) is 0 Å². The van der Waals surface area contributed by atoms with Crippen molar-refractivity contribution in [3.05, 3.63) is 65.7 Å². The van der Waals surface area contributed by atoms with E-state index in [2.05, 4.69) is 5.32 Å². The van der Waals surface area contributed by atoms with Gasteiger partial charge in [-0.15, -0.1) is 0 Å². The van der Waals surface area contributed by atoms with Crippen LogP contribution < -0.4 is 5.32 Å². The van der Waals surface area contributed by atoms with Crippen LogP contribution >= 0.6 is 0 Å². The zero-order chi connectivity index (χ0) is 21.7. The van der Waals surface area contributed by atoms with Crippen molar-refractivity contribution in [2.75, 3.05) is 26.2 Å². The first-order valence-corrected chi connectivity index (χ1v) is 11.4. The third-order valence-electron chi connectivity index (χ3n) is 5.18. The number of hydrogen-bond acceptors (Lipinski definition) is 4. The molecule has 1 aliphatic rings. The van der Waals surface area contributed by atoms with Crippen LogP contribution in [0.1, 0.15) is 29.3 Å². The van der Waals surface area contributed by atoms with E-state index in [1.54, 1.807) is 60.4 Å². The molecule has 1 fully saturated rings.